The van der Waals surface area contributed by atoms with Gasteiger partial charge >= 0.3 is 0 Å². The Bertz CT molecular complexity index is 320. The summed E-state index contributed by atoms with van der Waals surface area (Å²) in [6.07, 6.45) is 2.31. The molecule has 0 fully saturated rings. The van der Waals surface area contributed by atoms with Crippen molar-refractivity contribution in [3.63, 3.8) is 0 Å². The Balaban J connectivity index is 2.28. The third kappa shape index (κ3) is 1.90. The van der Waals surface area contributed by atoms with E-state index >= 15 is 0 Å². The first-order valence-corrected chi connectivity index (χ1v) is 5.33. The van der Waals surface area contributed by atoms with Crippen LogP contribution in [0.3, 0.4) is 0 Å². The van der Waals surface area contributed by atoms with E-state index in [2.05, 4.69) is 30.4 Å². The van der Waals surface area contributed by atoms with Crippen molar-refractivity contribution in [2.75, 3.05) is 18.4 Å². The average Bonchev–Trinajstić information content (AvgIpc) is 2.38. The molecule has 0 saturated carbocycles. The van der Waals surface area contributed by atoms with E-state index in [9.17, 15) is 0 Å². The molecule has 1 atom stereocenters. The maximum absolute atomic E-state index is 5.74. The minimum atomic E-state index is 0.644. The maximum atomic E-state index is 5.74. The van der Waals surface area contributed by atoms with E-state index in [4.69, 9.17) is 5.73 Å². The molecule has 76 valence electrons. The van der Waals surface area contributed by atoms with Gasteiger partial charge < -0.3 is 11.1 Å². The molecule has 0 aromatic heterocycles. The lowest BCUT2D eigenvalue weighted by Gasteiger charge is -2.11. The molecule has 3 N–H and O–H groups in total. The van der Waals surface area contributed by atoms with Crippen molar-refractivity contribution in [3.8, 4) is 0 Å². The zero-order valence-electron chi connectivity index (χ0n) is 8.72. The molecular formula is C12H18N2. The van der Waals surface area contributed by atoms with Crippen LogP contribution in [0.2, 0.25) is 0 Å². The first kappa shape index (κ1) is 9.53. The fraction of sp³-hybridized carbons (Fsp3) is 0.500. The lowest BCUT2D eigenvalue weighted by atomic mass is 9.96. The Morgan fingerprint density at radius 1 is 1.50 bits per heavy atom. The van der Waals surface area contributed by atoms with Gasteiger partial charge in [0.2, 0.25) is 0 Å². The molecule has 1 heterocycles. The van der Waals surface area contributed by atoms with E-state index in [1.54, 1.807) is 0 Å². The van der Waals surface area contributed by atoms with Crippen molar-refractivity contribution in [3.05, 3.63) is 29.3 Å². The largest absolute Gasteiger partial charge is 0.385 e. The summed E-state index contributed by atoms with van der Waals surface area (Å²) in [6, 6.07) is 6.62. The van der Waals surface area contributed by atoms with Crippen molar-refractivity contribution in [1.82, 2.24) is 0 Å². The SMILES string of the molecule is Cc1ccc2c(c1)CC(CN)CCN2. The van der Waals surface area contributed by atoms with Crippen LogP contribution in [0.4, 0.5) is 5.69 Å². The highest BCUT2D eigenvalue weighted by atomic mass is 14.9. The molecule has 1 aliphatic rings. The molecule has 1 aliphatic heterocycles. The zero-order valence-corrected chi connectivity index (χ0v) is 8.72. The summed E-state index contributed by atoms with van der Waals surface area (Å²) in [5, 5.41) is 3.46. The highest BCUT2D eigenvalue weighted by Gasteiger charge is 2.14. The minimum absolute atomic E-state index is 0.644. The van der Waals surface area contributed by atoms with Crippen molar-refractivity contribution in [2.45, 2.75) is 19.8 Å². The summed E-state index contributed by atoms with van der Waals surface area (Å²) in [5.74, 6) is 0.644. The molecule has 0 amide bonds. The van der Waals surface area contributed by atoms with Gasteiger partial charge in [-0.2, -0.15) is 0 Å². The van der Waals surface area contributed by atoms with Gasteiger partial charge in [-0.3, -0.25) is 0 Å². The third-order valence-corrected chi connectivity index (χ3v) is 2.97. The molecule has 2 heteroatoms. The Morgan fingerprint density at radius 3 is 3.14 bits per heavy atom. The summed E-state index contributed by atoms with van der Waals surface area (Å²) in [4.78, 5) is 0. The third-order valence-electron chi connectivity index (χ3n) is 2.97. The number of aryl methyl sites for hydroxylation is 1. The van der Waals surface area contributed by atoms with Crippen molar-refractivity contribution >= 4 is 5.69 Å². The molecule has 0 radical (unpaired) electrons. The summed E-state index contributed by atoms with van der Waals surface area (Å²) < 4.78 is 0. The van der Waals surface area contributed by atoms with Crippen LogP contribution < -0.4 is 11.1 Å². The first-order chi connectivity index (χ1) is 6.79. The van der Waals surface area contributed by atoms with Crippen LogP contribution in [0.15, 0.2) is 18.2 Å². The highest BCUT2D eigenvalue weighted by molar-refractivity contribution is 5.53. The van der Waals surface area contributed by atoms with Crippen molar-refractivity contribution < 1.29 is 0 Å². The number of anilines is 1. The van der Waals surface area contributed by atoms with E-state index in [0.29, 0.717) is 5.92 Å². The molecule has 1 aromatic rings. The van der Waals surface area contributed by atoms with Crippen LogP contribution in [-0.2, 0) is 6.42 Å². The fourth-order valence-corrected chi connectivity index (χ4v) is 2.09. The number of hydrogen-bond donors (Lipinski definition) is 2. The summed E-state index contributed by atoms with van der Waals surface area (Å²) in [5.41, 5.74) is 9.80. The molecule has 14 heavy (non-hydrogen) atoms. The van der Waals surface area contributed by atoms with Crippen LogP contribution in [0.5, 0.6) is 0 Å². The van der Waals surface area contributed by atoms with E-state index in [0.717, 1.165) is 19.5 Å². The summed E-state index contributed by atoms with van der Waals surface area (Å²) >= 11 is 0. The van der Waals surface area contributed by atoms with Crippen molar-refractivity contribution in [2.24, 2.45) is 11.7 Å². The van der Waals surface area contributed by atoms with Gasteiger partial charge in [0.25, 0.3) is 0 Å². The lowest BCUT2D eigenvalue weighted by Crippen LogP contribution is -2.17. The van der Waals surface area contributed by atoms with E-state index < -0.39 is 0 Å². The maximum Gasteiger partial charge on any atom is 0.0373 e. The summed E-state index contributed by atoms with van der Waals surface area (Å²) in [6.45, 7) is 4.00. The monoisotopic (exact) mass is 190 g/mol. The first-order valence-electron chi connectivity index (χ1n) is 5.33. The number of rotatable bonds is 1. The average molecular weight is 190 g/mol. The molecule has 2 rings (SSSR count). The van der Waals surface area contributed by atoms with Gasteiger partial charge in [0.05, 0.1) is 0 Å². The Morgan fingerprint density at radius 2 is 2.36 bits per heavy atom. The Hall–Kier alpha value is -1.02. The van der Waals surface area contributed by atoms with E-state index in [1.807, 2.05) is 0 Å². The Labute approximate surface area is 85.5 Å². The van der Waals surface area contributed by atoms with Gasteiger partial charge in [0.15, 0.2) is 0 Å². The minimum Gasteiger partial charge on any atom is -0.385 e. The van der Waals surface area contributed by atoms with Crippen molar-refractivity contribution in [1.29, 1.82) is 0 Å². The Kier molecular flexibility index (Phi) is 2.73. The molecule has 0 spiro atoms. The van der Waals surface area contributed by atoms with Crippen LogP contribution in [0.25, 0.3) is 0 Å². The quantitative estimate of drug-likeness (QED) is 0.710. The second-order valence-corrected chi connectivity index (χ2v) is 4.18. The molecular weight excluding hydrogens is 172 g/mol. The highest BCUT2D eigenvalue weighted by Crippen LogP contribution is 2.24. The molecule has 1 unspecified atom stereocenters. The predicted octanol–water partition coefficient (Wildman–Crippen LogP) is 1.93. The van der Waals surface area contributed by atoms with Gasteiger partial charge in [-0.1, -0.05) is 17.7 Å². The van der Waals surface area contributed by atoms with Gasteiger partial charge in [-0.25, -0.2) is 0 Å². The number of hydrogen-bond acceptors (Lipinski definition) is 2. The van der Waals surface area contributed by atoms with E-state index in [1.165, 1.54) is 23.2 Å². The molecule has 2 nitrogen and oxygen atoms in total. The predicted molar refractivity (Wildman–Crippen MR) is 60.5 cm³/mol. The smallest absolute Gasteiger partial charge is 0.0373 e. The topological polar surface area (TPSA) is 38.0 Å². The molecule has 1 aromatic carbocycles. The number of fused-ring (bicyclic) bond motifs is 1. The standard InChI is InChI=1S/C12H18N2/c1-9-2-3-12-11(6-9)7-10(8-13)4-5-14-12/h2-3,6,10,14H,4-5,7-8,13H2,1H3. The lowest BCUT2D eigenvalue weighted by molar-refractivity contribution is 0.517. The normalized spacial score (nSPS) is 20.9. The van der Waals surface area contributed by atoms with Gasteiger partial charge in [-0.05, 0) is 43.9 Å². The molecule has 0 aliphatic carbocycles. The van der Waals surface area contributed by atoms with Crippen LogP contribution >= 0.6 is 0 Å². The second kappa shape index (κ2) is 4.01. The number of nitrogens with two attached hydrogens (primary N) is 1. The van der Waals surface area contributed by atoms with Crippen LogP contribution in [0, 0.1) is 12.8 Å². The fourth-order valence-electron chi connectivity index (χ4n) is 2.09. The zero-order chi connectivity index (χ0) is 9.97. The number of benzene rings is 1. The van der Waals surface area contributed by atoms with Gasteiger partial charge in [0.1, 0.15) is 0 Å². The van der Waals surface area contributed by atoms with Crippen LogP contribution in [-0.4, -0.2) is 13.1 Å². The van der Waals surface area contributed by atoms with Gasteiger partial charge in [-0.15, -0.1) is 0 Å². The summed E-state index contributed by atoms with van der Waals surface area (Å²) in [7, 11) is 0. The molecule has 0 bridgehead atoms. The van der Waals surface area contributed by atoms with Crippen LogP contribution in [0.1, 0.15) is 17.5 Å². The number of nitrogens with one attached hydrogen (secondary N) is 1. The molecule has 0 saturated heterocycles. The van der Waals surface area contributed by atoms with Gasteiger partial charge in [0, 0.05) is 12.2 Å². The second-order valence-electron chi connectivity index (χ2n) is 4.18. The van der Waals surface area contributed by atoms with E-state index in [-0.39, 0.29) is 0 Å².